The number of sulfonamides is 1. The molecule has 8 heteroatoms. The van der Waals surface area contributed by atoms with Gasteiger partial charge in [0, 0.05) is 19.5 Å². The fraction of sp³-hybridized carbons (Fsp3) is 0.278. The van der Waals surface area contributed by atoms with Gasteiger partial charge in [-0.3, -0.25) is 13.9 Å². The third-order valence-electron chi connectivity index (χ3n) is 7.54. The van der Waals surface area contributed by atoms with E-state index < -0.39 is 28.5 Å². The van der Waals surface area contributed by atoms with E-state index in [-0.39, 0.29) is 23.8 Å². The van der Waals surface area contributed by atoms with Gasteiger partial charge >= 0.3 is 0 Å². The lowest BCUT2D eigenvalue weighted by molar-refractivity contribution is -0.140. The molecule has 1 atom stereocenters. The van der Waals surface area contributed by atoms with Gasteiger partial charge in [-0.25, -0.2) is 8.42 Å². The largest absolute Gasteiger partial charge is 0.354 e. The maximum atomic E-state index is 14.5. The smallest absolute Gasteiger partial charge is 0.264 e. The van der Waals surface area contributed by atoms with Crippen LogP contribution in [0.5, 0.6) is 0 Å². The first kappa shape index (κ1) is 32.5. The van der Waals surface area contributed by atoms with Gasteiger partial charge in [0.2, 0.25) is 11.8 Å². The molecule has 0 aliphatic carbocycles. The summed E-state index contributed by atoms with van der Waals surface area (Å²) >= 11 is 0. The fourth-order valence-corrected chi connectivity index (χ4v) is 6.55. The van der Waals surface area contributed by atoms with Crippen LogP contribution in [-0.4, -0.2) is 44.3 Å². The quantitative estimate of drug-likeness (QED) is 0.176. The Morgan fingerprint density at radius 3 is 2.00 bits per heavy atom. The van der Waals surface area contributed by atoms with Gasteiger partial charge in [0.1, 0.15) is 12.6 Å². The molecule has 1 N–H and O–H groups in total. The third kappa shape index (κ3) is 8.35. The molecule has 0 aliphatic rings. The topological polar surface area (TPSA) is 86.8 Å². The number of hydrogen-bond acceptors (Lipinski definition) is 4. The van der Waals surface area contributed by atoms with Crippen molar-refractivity contribution in [2.75, 3.05) is 17.4 Å². The van der Waals surface area contributed by atoms with Crippen LogP contribution in [0.15, 0.2) is 114 Å². The maximum Gasteiger partial charge on any atom is 0.264 e. The van der Waals surface area contributed by atoms with Crippen LogP contribution in [-0.2, 0) is 32.6 Å². The summed E-state index contributed by atoms with van der Waals surface area (Å²) in [4.78, 5) is 29.9. The van der Waals surface area contributed by atoms with Crippen LogP contribution in [0, 0.1) is 13.8 Å². The number of carbonyl (C=O) groups is 2. The Hall–Kier alpha value is -4.43. The molecule has 2 amide bonds. The van der Waals surface area contributed by atoms with Crippen molar-refractivity contribution in [3.05, 3.63) is 131 Å². The van der Waals surface area contributed by atoms with Crippen molar-refractivity contribution in [2.45, 2.75) is 57.5 Å². The second kappa shape index (κ2) is 15.3. The summed E-state index contributed by atoms with van der Waals surface area (Å²) in [6, 6.07) is 31.8. The van der Waals surface area contributed by atoms with Gasteiger partial charge in [-0.15, -0.1) is 0 Å². The lowest BCUT2D eigenvalue weighted by atomic mass is 10.0. The number of nitrogens with one attached hydrogen (secondary N) is 1. The average molecular weight is 612 g/mol. The molecule has 0 bridgehead atoms. The highest BCUT2D eigenvalue weighted by Crippen LogP contribution is 2.28. The first-order chi connectivity index (χ1) is 21.2. The molecule has 4 aromatic rings. The monoisotopic (exact) mass is 611 g/mol. The molecule has 0 unspecified atom stereocenters. The van der Waals surface area contributed by atoms with E-state index >= 15 is 0 Å². The molecule has 44 heavy (non-hydrogen) atoms. The first-order valence-corrected chi connectivity index (χ1v) is 16.4. The van der Waals surface area contributed by atoms with E-state index in [2.05, 4.69) is 5.32 Å². The highest BCUT2D eigenvalue weighted by atomic mass is 32.2. The van der Waals surface area contributed by atoms with Crippen molar-refractivity contribution < 1.29 is 18.0 Å². The number of rotatable bonds is 14. The normalized spacial score (nSPS) is 11.9. The molecular weight excluding hydrogens is 570 g/mol. The molecule has 0 aliphatic heterocycles. The number of anilines is 1. The summed E-state index contributed by atoms with van der Waals surface area (Å²) in [7, 11) is -4.13. The molecule has 0 aromatic heterocycles. The highest BCUT2D eigenvalue weighted by Gasteiger charge is 2.35. The van der Waals surface area contributed by atoms with Crippen LogP contribution >= 0.6 is 0 Å². The molecule has 0 saturated carbocycles. The molecule has 0 fully saturated rings. The number of aryl methyl sites for hydroxylation is 2. The number of unbranched alkanes of at least 4 members (excludes halogenated alkanes) is 1. The van der Waals surface area contributed by atoms with Gasteiger partial charge in [-0.05, 0) is 60.7 Å². The SMILES string of the molecule is CCCCNC(=O)[C@H](Cc1ccccc1)N(Cc1ccccc1)C(=O)CN(c1cc(C)ccc1C)S(=O)(=O)c1ccccc1. The Bertz CT molecular complexity index is 1630. The molecule has 4 rings (SSSR count). The molecule has 7 nitrogen and oxygen atoms in total. The van der Waals surface area contributed by atoms with Gasteiger partial charge in [0.15, 0.2) is 0 Å². The number of nitrogens with zero attached hydrogens (tertiary/aromatic N) is 2. The van der Waals surface area contributed by atoms with Crippen LogP contribution in [0.1, 0.15) is 42.0 Å². The minimum Gasteiger partial charge on any atom is -0.354 e. The lowest BCUT2D eigenvalue weighted by Crippen LogP contribution is -2.53. The van der Waals surface area contributed by atoms with E-state index in [0.717, 1.165) is 35.1 Å². The van der Waals surface area contributed by atoms with Crippen LogP contribution in [0.3, 0.4) is 0 Å². The average Bonchev–Trinajstić information content (AvgIpc) is 3.04. The van der Waals surface area contributed by atoms with Gasteiger partial charge in [0.05, 0.1) is 10.6 Å². The van der Waals surface area contributed by atoms with E-state index in [1.807, 2.05) is 93.6 Å². The van der Waals surface area contributed by atoms with Crippen molar-refractivity contribution in [3.8, 4) is 0 Å². The Balaban J connectivity index is 1.79. The predicted octanol–water partition coefficient (Wildman–Crippen LogP) is 6.06. The van der Waals surface area contributed by atoms with E-state index in [1.54, 1.807) is 24.3 Å². The zero-order chi connectivity index (χ0) is 31.5. The van der Waals surface area contributed by atoms with Crippen molar-refractivity contribution in [2.24, 2.45) is 0 Å². The van der Waals surface area contributed by atoms with Gasteiger partial charge in [-0.2, -0.15) is 0 Å². The van der Waals surface area contributed by atoms with Crippen molar-refractivity contribution in [3.63, 3.8) is 0 Å². The van der Waals surface area contributed by atoms with Crippen molar-refractivity contribution in [1.82, 2.24) is 10.2 Å². The van der Waals surface area contributed by atoms with E-state index in [1.165, 1.54) is 21.3 Å². The van der Waals surface area contributed by atoms with Gasteiger partial charge < -0.3 is 10.2 Å². The van der Waals surface area contributed by atoms with Gasteiger partial charge in [0.25, 0.3) is 10.0 Å². The first-order valence-electron chi connectivity index (χ1n) is 15.0. The van der Waals surface area contributed by atoms with Crippen LogP contribution < -0.4 is 9.62 Å². The Kier molecular flexibility index (Phi) is 11.3. The summed E-state index contributed by atoms with van der Waals surface area (Å²) in [5.74, 6) is -0.739. The van der Waals surface area contributed by atoms with Crippen molar-refractivity contribution >= 4 is 27.5 Å². The zero-order valence-corrected chi connectivity index (χ0v) is 26.5. The van der Waals surface area contributed by atoms with E-state index in [4.69, 9.17) is 0 Å². The molecular formula is C36H41N3O4S. The van der Waals surface area contributed by atoms with Gasteiger partial charge in [-0.1, -0.05) is 104 Å². The van der Waals surface area contributed by atoms with Crippen LogP contribution in [0.4, 0.5) is 5.69 Å². The van der Waals surface area contributed by atoms with E-state index in [9.17, 15) is 18.0 Å². The highest BCUT2D eigenvalue weighted by molar-refractivity contribution is 7.92. The summed E-state index contributed by atoms with van der Waals surface area (Å²) in [5, 5.41) is 3.02. The summed E-state index contributed by atoms with van der Waals surface area (Å²) in [6.07, 6.45) is 2.01. The summed E-state index contributed by atoms with van der Waals surface area (Å²) in [5.41, 5.74) is 3.75. The molecule has 4 aromatic carbocycles. The van der Waals surface area contributed by atoms with Crippen LogP contribution in [0.25, 0.3) is 0 Å². The lowest BCUT2D eigenvalue weighted by Gasteiger charge is -2.34. The van der Waals surface area contributed by atoms with E-state index in [0.29, 0.717) is 12.2 Å². The number of carbonyl (C=O) groups excluding carboxylic acids is 2. The zero-order valence-electron chi connectivity index (χ0n) is 25.6. The predicted molar refractivity (Wildman–Crippen MR) is 176 cm³/mol. The minimum absolute atomic E-state index is 0.0847. The molecule has 230 valence electrons. The van der Waals surface area contributed by atoms with Crippen molar-refractivity contribution in [1.29, 1.82) is 0 Å². The third-order valence-corrected chi connectivity index (χ3v) is 9.31. The fourth-order valence-electron chi connectivity index (χ4n) is 5.06. The number of hydrogen-bond donors (Lipinski definition) is 1. The second-order valence-corrected chi connectivity index (χ2v) is 12.8. The number of benzene rings is 4. The Morgan fingerprint density at radius 1 is 0.795 bits per heavy atom. The Morgan fingerprint density at radius 2 is 1.39 bits per heavy atom. The molecule has 0 heterocycles. The molecule has 0 spiro atoms. The molecule has 0 radical (unpaired) electrons. The minimum atomic E-state index is -4.13. The van der Waals surface area contributed by atoms with Crippen LogP contribution in [0.2, 0.25) is 0 Å². The summed E-state index contributed by atoms with van der Waals surface area (Å²) < 4.78 is 29.5. The molecule has 0 saturated heterocycles. The summed E-state index contributed by atoms with van der Waals surface area (Å²) in [6.45, 7) is 5.93. The Labute approximate surface area is 261 Å². The second-order valence-electron chi connectivity index (χ2n) is 11.0. The maximum absolute atomic E-state index is 14.5. The standard InChI is InChI=1S/C36H41N3O4S/c1-4-5-23-37-36(41)34(25-30-15-9-6-10-16-30)38(26-31-17-11-7-12-18-31)35(40)27-39(33-24-28(2)21-22-29(33)3)44(42,43)32-19-13-8-14-20-32/h6-22,24,34H,4-5,23,25-27H2,1-3H3,(H,37,41)/t34-/m0/s1. The number of amides is 2.